The van der Waals surface area contributed by atoms with E-state index in [0.717, 1.165) is 36.5 Å². The Kier molecular flexibility index (Phi) is 6.38. The third-order valence-corrected chi connectivity index (χ3v) is 3.95. The van der Waals surface area contributed by atoms with Crippen molar-refractivity contribution < 1.29 is 14.4 Å². The summed E-state index contributed by atoms with van der Waals surface area (Å²) in [6.45, 7) is 5.52. The van der Waals surface area contributed by atoms with Crippen molar-refractivity contribution in [3.05, 3.63) is 24.3 Å². The summed E-state index contributed by atoms with van der Waals surface area (Å²) in [7, 11) is 1.43. The Morgan fingerprint density at radius 3 is 2.52 bits per heavy atom. The maximum absolute atomic E-state index is 12.1. The average molecular weight is 346 g/mol. The number of benzene rings is 1. The molecule has 0 bridgehead atoms. The van der Waals surface area contributed by atoms with E-state index < -0.39 is 11.8 Å². The molecule has 1 aliphatic rings. The van der Waals surface area contributed by atoms with E-state index in [1.165, 1.54) is 7.05 Å². The summed E-state index contributed by atoms with van der Waals surface area (Å²) < 4.78 is 0. The fourth-order valence-electron chi connectivity index (χ4n) is 2.77. The zero-order valence-corrected chi connectivity index (χ0v) is 15.0. The molecule has 1 heterocycles. The molecule has 1 fully saturated rings. The van der Waals surface area contributed by atoms with Crippen LogP contribution in [-0.4, -0.2) is 55.3 Å². The number of amides is 3. The molecule has 1 aromatic rings. The van der Waals surface area contributed by atoms with Crippen molar-refractivity contribution in [2.75, 3.05) is 36.9 Å². The largest absolute Gasteiger partial charge is 0.371 e. The van der Waals surface area contributed by atoms with Crippen LogP contribution in [0.15, 0.2) is 24.3 Å². The SMILES string of the molecule is CC(C)NC(=O)CN(C)C(=O)C(=O)Nc1cccc(N2CCCC2)c1. The number of hydrogen-bond donors (Lipinski definition) is 2. The molecule has 136 valence electrons. The summed E-state index contributed by atoms with van der Waals surface area (Å²) >= 11 is 0. The van der Waals surface area contributed by atoms with Gasteiger partial charge in [-0.15, -0.1) is 0 Å². The molecule has 2 rings (SSSR count). The minimum absolute atomic E-state index is 0.0156. The van der Waals surface area contributed by atoms with Gasteiger partial charge >= 0.3 is 11.8 Å². The van der Waals surface area contributed by atoms with Crippen LogP contribution >= 0.6 is 0 Å². The van der Waals surface area contributed by atoms with Crippen LogP contribution in [0.5, 0.6) is 0 Å². The monoisotopic (exact) mass is 346 g/mol. The van der Waals surface area contributed by atoms with E-state index in [1.54, 1.807) is 6.07 Å². The van der Waals surface area contributed by atoms with E-state index in [4.69, 9.17) is 0 Å². The molecule has 0 atom stereocenters. The van der Waals surface area contributed by atoms with Gasteiger partial charge in [0.2, 0.25) is 5.91 Å². The molecule has 25 heavy (non-hydrogen) atoms. The lowest BCUT2D eigenvalue weighted by atomic mass is 10.2. The van der Waals surface area contributed by atoms with Gasteiger partial charge in [0.25, 0.3) is 0 Å². The van der Waals surface area contributed by atoms with Crippen LogP contribution in [0.25, 0.3) is 0 Å². The quantitative estimate of drug-likeness (QED) is 0.785. The third-order valence-electron chi connectivity index (χ3n) is 3.95. The molecule has 0 saturated carbocycles. The van der Waals surface area contributed by atoms with Gasteiger partial charge in [0, 0.05) is 37.6 Å². The van der Waals surface area contributed by atoms with E-state index in [0.29, 0.717) is 5.69 Å². The van der Waals surface area contributed by atoms with E-state index in [-0.39, 0.29) is 18.5 Å². The van der Waals surface area contributed by atoms with Gasteiger partial charge < -0.3 is 20.4 Å². The topological polar surface area (TPSA) is 81.8 Å². The van der Waals surface area contributed by atoms with Gasteiger partial charge in [-0.05, 0) is 44.9 Å². The van der Waals surface area contributed by atoms with Crippen molar-refractivity contribution in [2.45, 2.75) is 32.7 Å². The molecule has 2 N–H and O–H groups in total. The molecular formula is C18H26N4O3. The predicted molar refractivity (Wildman–Crippen MR) is 97.4 cm³/mol. The first-order valence-electron chi connectivity index (χ1n) is 8.57. The molecule has 7 nitrogen and oxygen atoms in total. The Labute approximate surface area is 148 Å². The number of carbonyl (C=O) groups excluding carboxylic acids is 3. The minimum atomic E-state index is -0.751. The molecule has 1 saturated heterocycles. The van der Waals surface area contributed by atoms with Gasteiger partial charge in [-0.25, -0.2) is 0 Å². The van der Waals surface area contributed by atoms with Gasteiger partial charge in [-0.1, -0.05) is 6.07 Å². The van der Waals surface area contributed by atoms with Crippen LogP contribution in [0.1, 0.15) is 26.7 Å². The number of nitrogens with zero attached hydrogens (tertiary/aromatic N) is 2. The van der Waals surface area contributed by atoms with E-state index >= 15 is 0 Å². The minimum Gasteiger partial charge on any atom is -0.371 e. The van der Waals surface area contributed by atoms with Crippen LogP contribution < -0.4 is 15.5 Å². The van der Waals surface area contributed by atoms with Crippen molar-refractivity contribution in [3.63, 3.8) is 0 Å². The summed E-state index contributed by atoms with van der Waals surface area (Å²) in [5.74, 6) is -1.79. The van der Waals surface area contributed by atoms with E-state index in [2.05, 4.69) is 15.5 Å². The van der Waals surface area contributed by atoms with Crippen LogP contribution in [0.2, 0.25) is 0 Å². The first kappa shape index (κ1) is 18.8. The first-order chi connectivity index (χ1) is 11.9. The lowest BCUT2D eigenvalue weighted by Crippen LogP contribution is -2.44. The first-order valence-corrected chi connectivity index (χ1v) is 8.57. The van der Waals surface area contributed by atoms with Gasteiger partial charge in [-0.2, -0.15) is 0 Å². The molecule has 0 aromatic heterocycles. The average Bonchev–Trinajstić information content (AvgIpc) is 3.07. The van der Waals surface area contributed by atoms with Crippen LogP contribution in [0, 0.1) is 0 Å². The normalized spacial score (nSPS) is 13.7. The van der Waals surface area contributed by atoms with Gasteiger partial charge in [0.15, 0.2) is 0 Å². The standard InChI is InChI=1S/C18H26N4O3/c1-13(2)19-16(23)12-21(3)18(25)17(24)20-14-7-6-8-15(11-14)22-9-4-5-10-22/h6-8,11,13H,4-5,9-10,12H2,1-3H3,(H,19,23)(H,20,24). The number of rotatable bonds is 5. The number of hydrogen-bond acceptors (Lipinski definition) is 4. The number of nitrogens with one attached hydrogen (secondary N) is 2. The Morgan fingerprint density at radius 2 is 1.88 bits per heavy atom. The highest BCUT2D eigenvalue weighted by Crippen LogP contribution is 2.23. The number of likely N-dealkylation sites (N-methyl/N-ethyl adjacent to an activating group) is 1. The maximum atomic E-state index is 12.1. The van der Waals surface area contributed by atoms with Crippen molar-refractivity contribution in [1.29, 1.82) is 0 Å². The van der Waals surface area contributed by atoms with Crippen LogP contribution in [0.4, 0.5) is 11.4 Å². The van der Waals surface area contributed by atoms with Gasteiger partial charge in [-0.3, -0.25) is 14.4 Å². The third kappa shape index (κ3) is 5.48. The molecule has 1 aliphatic heterocycles. The highest BCUT2D eigenvalue weighted by atomic mass is 16.2. The number of anilines is 2. The Hall–Kier alpha value is -2.57. The second-order valence-electron chi connectivity index (χ2n) is 6.58. The van der Waals surface area contributed by atoms with Gasteiger partial charge in [0.1, 0.15) is 0 Å². The molecule has 0 unspecified atom stereocenters. The summed E-state index contributed by atoms with van der Waals surface area (Å²) in [5, 5.41) is 5.30. The molecule has 3 amide bonds. The smallest absolute Gasteiger partial charge is 0.313 e. The summed E-state index contributed by atoms with van der Waals surface area (Å²) in [6.07, 6.45) is 2.33. The number of carbonyl (C=O) groups is 3. The van der Waals surface area contributed by atoms with Crippen molar-refractivity contribution >= 4 is 29.1 Å². The van der Waals surface area contributed by atoms with Crippen molar-refractivity contribution in [2.24, 2.45) is 0 Å². The van der Waals surface area contributed by atoms with Crippen LogP contribution in [-0.2, 0) is 14.4 Å². The fraction of sp³-hybridized carbons (Fsp3) is 0.500. The molecule has 0 aliphatic carbocycles. The van der Waals surface area contributed by atoms with Gasteiger partial charge in [0.05, 0.1) is 6.54 Å². The molecular weight excluding hydrogens is 320 g/mol. The zero-order valence-electron chi connectivity index (χ0n) is 15.0. The summed E-state index contributed by atoms with van der Waals surface area (Å²) in [6, 6.07) is 7.44. The van der Waals surface area contributed by atoms with Crippen molar-refractivity contribution in [3.8, 4) is 0 Å². The second kappa shape index (κ2) is 8.50. The summed E-state index contributed by atoms with van der Waals surface area (Å²) in [4.78, 5) is 39.3. The Balaban J connectivity index is 1.93. The summed E-state index contributed by atoms with van der Waals surface area (Å²) in [5.41, 5.74) is 1.61. The maximum Gasteiger partial charge on any atom is 0.313 e. The fourth-order valence-corrected chi connectivity index (χ4v) is 2.77. The second-order valence-corrected chi connectivity index (χ2v) is 6.58. The predicted octanol–water partition coefficient (Wildman–Crippen LogP) is 1.21. The Bertz CT molecular complexity index is 639. The van der Waals surface area contributed by atoms with E-state index in [9.17, 15) is 14.4 Å². The highest BCUT2D eigenvalue weighted by molar-refractivity contribution is 6.39. The molecule has 0 spiro atoms. The molecule has 1 aromatic carbocycles. The molecule has 0 radical (unpaired) electrons. The van der Waals surface area contributed by atoms with Crippen molar-refractivity contribution in [1.82, 2.24) is 10.2 Å². The Morgan fingerprint density at radius 1 is 1.20 bits per heavy atom. The van der Waals surface area contributed by atoms with Crippen LogP contribution in [0.3, 0.4) is 0 Å². The lowest BCUT2D eigenvalue weighted by molar-refractivity contribution is -0.143. The molecule has 7 heteroatoms. The van der Waals surface area contributed by atoms with E-state index in [1.807, 2.05) is 32.0 Å². The lowest BCUT2D eigenvalue weighted by Gasteiger charge is -2.19. The zero-order chi connectivity index (χ0) is 18.4. The highest BCUT2D eigenvalue weighted by Gasteiger charge is 2.21.